The lowest BCUT2D eigenvalue weighted by Crippen LogP contribution is -2.45. The van der Waals surface area contributed by atoms with Crippen LogP contribution in [0.15, 0.2) is 18.3 Å². The van der Waals surface area contributed by atoms with E-state index in [0.717, 1.165) is 62.8 Å². The van der Waals surface area contributed by atoms with Crippen molar-refractivity contribution in [2.75, 3.05) is 45.2 Å². The number of nitriles is 1. The summed E-state index contributed by atoms with van der Waals surface area (Å²) >= 11 is 0. The van der Waals surface area contributed by atoms with Gasteiger partial charge in [0.1, 0.15) is 17.5 Å². The first-order chi connectivity index (χ1) is 14.1. The number of piperazine rings is 1. The van der Waals surface area contributed by atoms with Crippen molar-refractivity contribution in [3.8, 4) is 6.07 Å². The number of aromatic nitrogens is 3. The largest absolute Gasteiger partial charge is 0.353 e. The fourth-order valence-electron chi connectivity index (χ4n) is 4.45. The van der Waals surface area contributed by atoms with Gasteiger partial charge in [-0.1, -0.05) is 6.07 Å². The van der Waals surface area contributed by atoms with Crippen LogP contribution in [0, 0.1) is 18.3 Å². The highest BCUT2D eigenvalue weighted by molar-refractivity contribution is 5.56. The molecule has 0 amide bonds. The van der Waals surface area contributed by atoms with E-state index in [1.165, 1.54) is 11.3 Å². The highest BCUT2D eigenvalue weighted by Crippen LogP contribution is 2.33. The number of anilines is 1. The molecule has 0 N–H and O–H groups in total. The maximum Gasteiger partial charge on any atom is 0.150 e. The summed E-state index contributed by atoms with van der Waals surface area (Å²) in [5, 5.41) is 9.96. The molecule has 1 saturated heterocycles. The smallest absolute Gasteiger partial charge is 0.150 e. The van der Waals surface area contributed by atoms with Crippen LogP contribution in [0.5, 0.6) is 0 Å². The third-order valence-corrected chi connectivity index (χ3v) is 6.09. The van der Waals surface area contributed by atoms with Crippen LogP contribution in [0.4, 0.5) is 5.82 Å². The van der Waals surface area contributed by atoms with E-state index < -0.39 is 0 Å². The van der Waals surface area contributed by atoms with E-state index in [1.807, 2.05) is 19.2 Å². The molecule has 1 aliphatic heterocycles. The van der Waals surface area contributed by atoms with Crippen LogP contribution < -0.4 is 4.90 Å². The Labute approximate surface area is 173 Å². The van der Waals surface area contributed by atoms with Crippen LogP contribution in [0.1, 0.15) is 47.2 Å². The second kappa shape index (κ2) is 8.44. The summed E-state index contributed by atoms with van der Waals surface area (Å²) < 4.78 is 0. The van der Waals surface area contributed by atoms with Crippen molar-refractivity contribution in [2.24, 2.45) is 0 Å². The van der Waals surface area contributed by atoms with Crippen LogP contribution in [0.25, 0.3) is 0 Å². The van der Waals surface area contributed by atoms with E-state index in [0.29, 0.717) is 12.1 Å². The Hall–Kier alpha value is -2.56. The maximum absolute atomic E-state index is 9.96. The average Bonchev–Trinajstić information content (AvgIpc) is 2.73. The normalized spacial score (nSPS) is 19.8. The van der Waals surface area contributed by atoms with E-state index in [9.17, 15) is 5.26 Å². The summed E-state index contributed by atoms with van der Waals surface area (Å²) in [4.78, 5) is 20.8. The van der Waals surface area contributed by atoms with Gasteiger partial charge in [0.15, 0.2) is 5.82 Å². The fourth-order valence-corrected chi connectivity index (χ4v) is 4.45. The number of hydrogen-bond acceptors (Lipinski definition) is 7. The van der Waals surface area contributed by atoms with Gasteiger partial charge in [-0.15, -0.1) is 0 Å². The molecule has 7 heteroatoms. The molecule has 2 aliphatic rings. The first-order valence-electron chi connectivity index (χ1n) is 10.4. The molecule has 1 fully saturated rings. The van der Waals surface area contributed by atoms with Gasteiger partial charge in [0.05, 0.1) is 17.4 Å². The Morgan fingerprint density at radius 3 is 2.79 bits per heavy atom. The van der Waals surface area contributed by atoms with Crippen molar-refractivity contribution in [3.05, 3.63) is 46.7 Å². The summed E-state index contributed by atoms with van der Waals surface area (Å²) in [6.07, 6.45) is 5.22. The molecule has 0 saturated carbocycles. The second-order valence-electron chi connectivity index (χ2n) is 8.19. The van der Waals surface area contributed by atoms with Gasteiger partial charge in [0.25, 0.3) is 0 Å². The van der Waals surface area contributed by atoms with Crippen molar-refractivity contribution in [3.63, 3.8) is 0 Å². The zero-order valence-electron chi connectivity index (χ0n) is 17.6. The van der Waals surface area contributed by atoms with E-state index >= 15 is 0 Å². The third-order valence-electron chi connectivity index (χ3n) is 6.09. The molecule has 2 aromatic rings. The molecule has 0 radical (unpaired) electrons. The molecule has 7 nitrogen and oxygen atoms in total. The van der Waals surface area contributed by atoms with Crippen molar-refractivity contribution in [1.29, 1.82) is 5.26 Å². The zero-order valence-corrected chi connectivity index (χ0v) is 17.6. The van der Waals surface area contributed by atoms with Gasteiger partial charge in [-0.25, -0.2) is 9.97 Å². The predicted molar refractivity (Wildman–Crippen MR) is 113 cm³/mol. The number of nitrogens with zero attached hydrogens (tertiary/aromatic N) is 7. The van der Waals surface area contributed by atoms with Crippen molar-refractivity contribution in [1.82, 2.24) is 24.8 Å². The molecule has 3 heterocycles. The van der Waals surface area contributed by atoms with Gasteiger partial charge in [-0.3, -0.25) is 9.88 Å². The van der Waals surface area contributed by atoms with Crippen LogP contribution in [0.2, 0.25) is 0 Å². The SMILES string of the molecule is Cc1nc(CN(C)C2CCCc3cccnc32)c(C#N)c(N2CCN(C)CC2)n1. The lowest BCUT2D eigenvalue weighted by Gasteiger charge is -2.34. The second-order valence-corrected chi connectivity index (χ2v) is 8.19. The highest BCUT2D eigenvalue weighted by atomic mass is 15.3. The van der Waals surface area contributed by atoms with E-state index in [-0.39, 0.29) is 6.04 Å². The average molecular weight is 392 g/mol. The Balaban J connectivity index is 1.61. The Kier molecular flexibility index (Phi) is 5.74. The minimum atomic E-state index is 0.258. The molecule has 1 unspecified atom stereocenters. The molecule has 152 valence electrons. The van der Waals surface area contributed by atoms with Crippen molar-refractivity contribution in [2.45, 2.75) is 38.8 Å². The summed E-state index contributed by atoms with van der Waals surface area (Å²) in [6, 6.07) is 6.87. The molecule has 0 aromatic carbocycles. The number of aryl methyl sites for hydroxylation is 2. The topological polar surface area (TPSA) is 72.2 Å². The van der Waals surface area contributed by atoms with E-state index in [4.69, 9.17) is 0 Å². The van der Waals surface area contributed by atoms with Gasteiger partial charge in [-0.2, -0.15) is 5.26 Å². The quantitative estimate of drug-likeness (QED) is 0.792. The van der Waals surface area contributed by atoms with Gasteiger partial charge >= 0.3 is 0 Å². The summed E-state index contributed by atoms with van der Waals surface area (Å²) in [6.45, 7) is 6.27. The first-order valence-corrected chi connectivity index (χ1v) is 10.4. The van der Waals surface area contributed by atoms with Crippen LogP contribution in [-0.2, 0) is 13.0 Å². The Morgan fingerprint density at radius 2 is 2.03 bits per heavy atom. The van der Waals surface area contributed by atoms with Crippen molar-refractivity contribution >= 4 is 5.82 Å². The lowest BCUT2D eigenvalue weighted by molar-refractivity contribution is 0.206. The molecule has 29 heavy (non-hydrogen) atoms. The Morgan fingerprint density at radius 1 is 1.24 bits per heavy atom. The molecule has 2 aromatic heterocycles. The zero-order chi connectivity index (χ0) is 20.4. The summed E-state index contributed by atoms with van der Waals surface area (Å²) in [5.74, 6) is 1.52. The third kappa shape index (κ3) is 4.09. The number of hydrogen-bond donors (Lipinski definition) is 0. The molecule has 0 bridgehead atoms. The fraction of sp³-hybridized carbons (Fsp3) is 0.545. The minimum absolute atomic E-state index is 0.258. The van der Waals surface area contributed by atoms with Gasteiger partial charge in [-0.05, 0) is 51.9 Å². The molecule has 1 aliphatic carbocycles. The summed E-state index contributed by atoms with van der Waals surface area (Å²) in [5.41, 5.74) is 3.95. The van der Waals surface area contributed by atoms with Crippen LogP contribution in [-0.4, -0.2) is 65.0 Å². The van der Waals surface area contributed by atoms with Crippen molar-refractivity contribution < 1.29 is 0 Å². The molecular formula is C22H29N7. The number of pyridine rings is 1. The number of likely N-dealkylation sites (N-methyl/N-ethyl adjacent to an activating group) is 1. The van der Waals surface area contributed by atoms with Crippen LogP contribution >= 0.6 is 0 Å². The summed E-state index contributed by atoms with van der Waals surface area (Å²) in [7, 11) is 4.24. The van der Waals surface area contributed by atoms with Gasteiger partial charge in [0.2, 0.25) is 0 Å². The molecular weight excluding hydrogens is 362 g/mol. The predicted octanol–water partition coefficient (Wildman–Crippen LogP) is 2.31. The molecule has 1 atom stereocenters. The standard InChI is InChI=1S/C22H29N7/c1-16-25-19(18(14-23)22(26-16)29-12-10-27(2)11-13-29)15-28(3)20-8-4-6-17-7-5-9-24-21(17)20/h5,7,9,20H,4,6,8,10-13,15H2,1-3H3. The number of fused-ring (bicyclic) bond motifs is 1. The Bertz CT molecular complexity index is 912. The van der Waals surface area contributed by atoms with Crippen LogP contribution in [0.3, 0.4) is 0 Å². The molecule has 0 spiro atoms. The monoisotopic (exact) mass is 391 g/mol. The van der Waals surface area contributed by atoms with E-state index in [1.54, 1.807) is 0 Å². The van der Waals surface area contributed by atoms with E-state index in [2.05, 4.69) is 55.9 Å². The lowest BCUT2D eigenvalue weighted by atomic mass is 9.91. The highest BCUT2D eigenvalue weighted by Gasteiger charge is 2.27. The van der Waals surface area contributed by atoms with Gasteiger partial charge in [0, 0.05) is 38.9 Å². The number of rotatable bonds is 4. The molecule has 4 rings (SSSR count). The minimum Gasteiger partial charge on any atom is -0.353 e. The maximum atomic E-state index is 9.96. The first kappa shape index (κ1) is 19.7. The van der Waals surface area contributed by atoms with Gasteiger partial charge < -0.3 is 9.80 Å².